The molecule has 116 valence electrons. The average molecular weight is 421 g/mol. The van der Waals surface area contributed by atoms with E-state index in [1.54, 1.807) is 4.90 Å². The summed E-state index contributed by atoms with van der Waals surface area (Å²) in [5.41, 5.74) is -0.662. The van der Waals surface area contributed by atoms with Crippen LogP contribution in [0.4, 0.5) is 0 Å². The van der Waals surface area contributed by atoms with Crippen LogP contribution in [-0.4, -0.2) is 41.2 Å². The van der Waals surface area contributed by atoms with Gasteiger partial charge in [-0.05, 0) is 60.3 Å². The summed E-state index contributed by atoms with van der Waals surface area (Å²) in [7, 11) is 0. The third kappa shape index (κ3) is 4.97. The quantitative estimate of drug-likeness (QED) is 0.815. The molecule has 1 aromatic carbocycles. The lowest BCUT2D eigenvalue weighted by Gasteiger charge is -2.22. The van der Waals surface area contributed by atoms with Crippen LogP contribution in [0.15, 0.2) is 27.1 Å². The van der Waals surface area contributed by atoms with Crippen LogP contribution in [0.1, 0.15) is 26.2 Å². The van der Waals surface area contributed by atoms with Gasteiger partial charge in [0.25, 0.3) is 5.91 Å². The van der Waals surface area contributed by atoms with E-state index in [9.17, 15) is 9.90 Å². The van der Waals surface area contributed by atoms with Crippen LogP contribution in [0.2, 0.25) is 0 Å². The molecule has 6 heteroatoms. The molecule has 4 nitrogen and oxygen atoms in total. The van der Waals surface area contributed by atoms with E-state index in [-0.39, 0.29) is 12.5 Å². The molecule has 0 radical (unpaired) electrons. The fraction of sp³-hybridized carbons (Fsp3) is 0.533. The Labute approximate surface area is 141 Å². The van der Waals surface area contributed by atoms with E-state index in [0.29, 0.717) is 25.3 Å². The number of ether oxygens (including phenoxy) is 1. The number of rotatable bonds is 3. The first-order chi connectivity index (χ1) is 9.87. The summed E-state index contributed by atoms with van der Waals surface area (Å²) in [6, 6.07) is 5.56. The van der Waals surface area contributed by atoms with Crippen molar-refractivity contribution < 1.29 is 14.6 Å². The Morgan fingerprint density at radius 1 is 1.38 bits per heavy atom. The second-order valence-corrected chi connectivity index (χ2v) is 7.36. The molecule has 1 atom stereocenters. The van der Waals surface area contributed by atoms with Gasteiger partial charge in [0, 0.05) is 17.6 Å². The van der Waals surface area contributed by atoms with Gasteiger partial charge in [0.05, 0.1) is 10.1 Å². The number of halogens is 2. The van der Waals surface area contributed by atoms with Crippen LogP contribution < -0.4 is 4.74 Å². The molecule has 0 bridgehead atoms. The number of carbonyl (C=O) groups is 1. The Morgan fingerprint density at radius 2 is 2.14 bits per heavy atom. The number of likely N-dealkylation sites (tertiary alicyclic amines) is 1. The smallest absolute Gasteiger partial charge is 0.260 e. The van der Waals surface area contributed by atoms with Crippen molar-refractivity contribution in [2.24, 2.45) is 0 Å². The van der Waals surface area contributed by atoms with Crippen molar-refractivity contribution in [3.63, 3.8) is 0 Å². The van der Waals surface area contributed by atoms with E-state index in [2.05, 4.69) is 31.9 Å². The lowest BCUT2D eigenvalue weighted by molar-refractivity contribution is -0.133. The first-order valence-electron chi connectivity index (χ1n) is 6.95. The molecule has 1 amide bonds. The van der Waals surface area contributed by atoms with E-state index in [1.807, 2.05) is 25.1 Å². The predicted octanol–water partition coefficient (Wildman–Crippen LogP) is 3.35. The number of hydrogen-bond donors (Lipinski definition) is 1. The summed E-state index contributed by atoms with van der Waals surface area (Å²) < 4.78 is 7.33. The maximum Gasteiger partial charge on any atom is 0.260 e. The zero-order valence-electron chi connectivity index (χ0n) is 11.9. The average Bonchev–Trinajstić information content (AvgIpc) is 2.58. The summed E-state index contributed by atoms with van der Waals surface area (Å²) >= 11 is 6.78. The van der Waals surface area contributed by atoms with Crippen molar-refractivity contribution in [3.8, 4) is 5.75 Å². The highest BCUT2D eigenvalue weighted by Gasteiger charge is 2.27. The number of nitrogens with zero attached hydrogens (tertiary/aromatic N) is 1. The normalized spacial score (nSPS) is 22.8. The molecule has 1 aliphatic rings. The molecular formula is C15H19Br2NO3. The Hall–Kier alpha value is -0.590. The van der Waals surface area contributed by atoms with Gasteiger partial charge in [0.15, 0.2) is 6.61 Å². The number of amides is 1. The van der Waals surface area contributed by atoms with Gasteiger partial charge in [-0.3, -0.25) is 4.79 Å². The second-order valence-electron chi connectivity index (χ2n) is 5.59. The lowest BCUT2D eigenvalue weighted by Crippen LogP contribution is -2.36. The number of benzene rings is 1. The minimum absolute atomic E-state index is 0.0162. The molecule has 1 saturated heterocycles. The van der Waals surface area contributed by atoms with Gasteiger partial charge in [-0.1, -0.05) is 15.9 Å². The van der Waals surface area contributed by atoms with Crippen LogP contribution in [0.3, 0.4) is 0 Å². The zero-order chi connectivity index (χ0) is 15.5. The van der Waals surface area contributed by atoms with E-state index in [4.69, 9.17) is 4.74 Å². The van der Waals surface area contributed by atoms with Crippen LogP contribution >= 0.6 is 31.9 Å². The molecule has 0 spiro atoms. The van der Waals surface area contributed by atoms with Crippen LogP contribution in [0, 0.1) is 0 Å². The SMILES string of the molecule is CC1(O)CCCN(C(=O)COc2ccc(Br)cc2Br)CC1. The Kier molecular flexibility index (Phi) is 5.68. The highest BCUT2D eigenvalue weighted by atomic mass is 79.9. The van der Waals surface area contributed by atoms with Crippen LogP contribution in [0.25, 0.3) is 0 Å². The summed E-state index contributed by atoms with van der Waals surface area (Å²) in [5, 5.41) is 10.0. The molecule has 0 saturated carbocycles. The Morgan fingerprint density at radius 3 is 2.86 bits per heavy atom. The van der Waals surface area contributed by atoms with Crippen molar-refractivity contribution in [1.82, 2.24) is 4.90 Å². The molecule has 1 fully saturated rings. The van der Waals surface area contributed by atoms with Gasteiger partial charge in [0.2, 0.25) is 0 Å². The predicted molar refractivity (Wildman–Crippen MR) is 88.4 cm³/mol. The number of aliphatic hydroxyl groups is 1. The van der Waals surface area contributed by atoms with Crippen molar-refractivity contribution in [2.45, 2.75) is 31.8 Å². The molecule has 21 heavy (non-hydrogen) atoms. The van der Waals surface area contributed by atoms with Gasteiger partial charge in [-0.15, -0.1) is 0 Å². The minimum atomic E-state index is -0.662. The highest BCUT2D eigenvalue weighted by molar-refractivity contribution is 9.11. The first kappa shape index (κ1) is 16.8. The number of carbonyl (C=O) groups excluding carboxylic acids is 1. The van der Waals surface area contributed by atoms with Gasteiger partial charge in [-0.25, -0.2) is 0 Å². The monoisotopic (exact) mass is 419 g/mol. The van der Waals surface area contributed by atoms with E-state index in [0.717, 1.165) is 21.8 Å². The summed E-state index contributed by atoms with van der Waals surface area (Å²) in [5.74, 6) is 0.607. The van der Waals surface area contributed by atoms with E-state index in [1.165, 1.54) is 0 Å². The summed E-state index contributed by atoms with van der Waals surface area (Å²) in [6.45, 7) is 3.11. The highest BCUT2D eigenvalue weighted by Crippen LogP contribution is 2.28. The van der Waals surface area contributed by atoms with Crippen molar-refractivity contribution >= 4 is 37.8 Å². The maximum atomic E-state index is 12.2. The van der Waals surface area contributed by atoms with Crippen LogP contribution in [0.5, 0.6) is 5.75 Å². The van der Waals surface area contributed by atoms with Crippen molar-refractivity contribution in [1.29, 1.82) is 0 Å². The van der Waals surface area contributed by atoms with Gasteiger partial charge in [0.1, 0.15) is 5.75 Å². The molecule has 1 aromatic rings. The van der Waals surface area contributed by atoms with Gasteiger partial charge < -0.3 is 14.7 Å². The summed E-state index contributed by atoms with van der Waals surface area (Å²) in [6.07, 6.45) is 2.16. The lowest BCUT2D eigenvalue weighted by atomic mass is 9.98. The molecule has 1 aliphatic heterocycles. The fourth-order valence-electron chi connectivity index (χ4n) is 2.34. The molecule has 0 aromatic heterocycles. The minimum Gasteiger partial charge on any atom is -0.483 e. The zero-order valence-corrected chi connectivity index (χ0v) is 15.1. The van der Waals surface area contributed by atoms with E-state index >= 15 is 0 Å². The molecule has 1 unspecified atom stereocenters. The number of hydrogen-bond acceptors (Lipinski definition) is 3. The molecule has 0 aliphatic carbocycles. The third-order valence-electron chi connectivity index (χ3n) is 3.66. The topological polar surface area (TPSA) is 49.8 Å². The third-order valence-corrected chi connectivity index (χ3v) is 4.77. The molecule has 1 N–H and O–H groups in total. The molecular weight excluding hydrogens is 402 g/mol. The van der Waals surface area contributed by atoms with Gasteiger partial charge >= 0.3 is 0 Å². The van der Waals surface area contributed by atoms with Crippen molar-refractivity contribution in [2.75, 3.05) is 19.7 Å². The standard InChI is InChI=1S/C15H19Br2NO3/c1-15(20)5-2-7-18(8-6-15)14(19)10-21-13-4-3-11(16)9-12(13)17/h3-4,9,20H,2,5-8,10H2,1H3. The first-order valence-corrected chi connectivity index (χ1v) is 8.54. The maximum absolute atomic E-state index is 12.2. The van der Waals surface area contributed by atoms with Gasteiger partial charge in [-0.2, -0.15) is 0 Å². The second kappa shape index (κ2) is 7.11. The Bertz CT molecular complexity index is 520. The largest absolute Gasteiger partial charge is 0.483 e. The molecule has 2 rings (SSSR count). The van der Waals surface area contributed by atoms with E-state index < -0.39 is 5.60 Å². The fourth-order valence-corrected chi connectivity index (χ4v) is 3.50. The van der Waals surface area contributed by atoms with Crippen molar-refractivity contribution in [3.05, 3.63) is 27.1 Å². The Balaban J connectivity index is 1.89. The van der Waals surface area contributed by atoms with Crippen LogP contribution in [-0.2, 0) is 4.79 Å². The summed E-state index contributed by atoms with van der Waals surface area (Å²) in [4.78, 5) is 14.0. The molecule has 1 heterocycles.